The maximum atomic E-state index is 12.8. The van der Waals surface area contributed by atoms with Crippen molar-refractivity contribution in [3.63, 3.8) is 0 Å². The fourth-order valence-corrected chi connectivity index (χ4v) is 1.28. The van der Waals surface area contributed by atoms with Gasteiger partial charge >= 0.3 is 0 Å². The van der Waals surface area contributed by atoms with E-state index in [0.717, 1.165) is 6.07 Å². The normalized spacial score (nSPS) is 10.2. The van der Waals surface area contributed by atoms with Crippen molar-refractivity contribution in [1.29, 1.82) is 0 Å². The number of nitrogens with zero attached hydrogens (tertiary/aromatic N) is 2. The molecule has 0 aromatic carbocycles. The van der Waals surface area contributed by atoms with Gasteiger partial charge in [0.05, 0.1) is 12.7 Å². The SMILES string of the molecule is Cc1cnc(CNC(=O)c2ccnc(F)c2)o1. The van der Waals surface area contributed by atoms with Crippen LogP contribution in [0.15, 0.2) is 28.9 Å². The smallest absolute Gasteiger partial charge is 0.251 e. The molecule has 0 unspecified atom stereocenters. The molecular formula is C11H10FN3O2. The lowest BCUT2D eigenvalue weighted by Gasteiger charge is -2.02. The molecule has 0 aliphatic heterocycles. The number of aromatic nitrogens is 2. The van der Waals surface area contributed by atoms with Crippen molar-refractivity contribution in [3.05, 3.63) is 47.7 Å². The lowest BCUT2D eigenvalue weighted by atomic mass is 10.2. The maximum absolute atomic E-state index is 12.8. The van der Waals surface area contributed by atoms with E-state index in [0.29, 0.717) is 11.7 Å². The number of carbonyl (C=O) groups is 1. The summed E-state index contributed by atoms with van der Waals surface area (Å²) in [7, 11) is 0. The first-order chi connectivity index (χ1) is 8.15. The van der Waals surface area contributed by atoms with Crippen LogP contribution in [0.5, 0.6) is 0 Å². The summed E-state index contributed by atoms with van der Waals surface area (Å²) < 4.78 is 18.0. The van der Waals surface area contributed by atoms with Gasteiger partial charge in [-0.3, -0.25) is 4.79 Å². The molecule has 0 aliphatic rings. The molecule has 0 aliphatic carbocycles. The Morgan fingerprint density at radius 3 is 3.00 bits per heavy atom. The van der Waals surface area contributed by atoms with Crippen LogP contribution in [0, 0.1) is 12.9 Å². The molecule has 0 saturated heterocycles. The summed E-state index contributed by atoms with van der Waals surface area (Å²) >= 11 is 0. The molecule has 0 spiro atoms. The summed E-state index contributed by atoms with van der Waals surface area (Å²) in [6.45, 7) is 1.92. The number of hydrogen-bond donors (Lipinski definition) is 1. The number of rotatable bonds is 3. The van der Waals surface area contributed by atoms with E-state index in [1.807, 2.05) is 0 Å². The molecule has 1 amide bonds. The highest BCUT2D eigenvalue weighted by Gasteiger charge is 2.08. The van der Waals surface area contributed by atoms with Crippen LogP contribution in [-0.2, 0) is 6.54 Å². The highest BCUT2D eigenvalue weighted by atomic mass is 19.1. The third-order valence-corrected chi connectivity index (χ3v) is 2.06. The molecule has 0 radical (unpaired) electrons. The van der Waals surface area contributed by atoms with Crippen molar-refractivity contribution >= 4 is 5.91 Å². The summed E-state index contributed by atoms with van der Waals surface area (Å²) in [5, 5.41) is 2.57. The number of halogens is 1. The second kappa shape index (κ2) is 4.73. The van der Waals surface area contributed by atoms with E-state index in [2.05, 4.69) is 15.3 Å². The Kier molecular flexibility index (Phi) is 3.13. The van der Waals surface area contributed by atoms with Gasteiger partial charge in [-0.15, -0.1) is 0 Å². The first-order valence-electron chi connectivity index (χ1n) is 4.96. The molecule has 88 valence electrons. The van der Waals surface area contributed by atoms with Crippen LogP contribution < -0.4 is 5.32 Å². The summed E-state index contributed by atoms with van der Waals surface area (Å²) in [5.41, 5.74) is 0.209. The lowest BCUT2D eigenvalue weighted by Crippen LogP contribution is -2.23. The van der Waals surface area contributed by atoms with Gasteiger partial charge in [-0.25, -0.2) is 9.97 Å². The third-order valence-electron chi connectivity index (χ3n) is 2.06. The fourth-order valence-electron chi connectivity index (χ4n) is 1.28. The number of oxazole rings is 1. The molecule has 2 heterocycles. The van der Waals surface area contributed by atoms with Crippen molar-refractivity contribution in [1.82, 2.24) is 15.3 Å². The van der Waals surface area contributed by atoms with Crippen LogP contribution in [0.2, 0.25) is 0 Å². The van der Waals surface area contributed by atoms with E-state index < -0.39 is 11.9 Å². The van der Waals surface area contributed by atoms with Crippen LogP contribution in [-0.4, -0.2) is 15.9 Å². The zero-order chi connectivity index (χ0) is 12.3. The fraction of sp³-hybridized carbons (Fsp3) is 0.182. The zero-order valence-electron chi connectivity index (χ0n) is 9.11. The number of amides is 1. The van der Waals surface area contributed by atoms with Crippen LogP contribution in [0.1, 0.15) is 22.0 Å². The lowest BCUT2D eigenvalue weighted by molar-refractivity contribution is 0.0946. The minimum atomic E-state index is -0.690. The summed E-state index contributed by atoms with van der Waals surface area (Å²) in [4.78, 5) is 18.9. The maximum Gasteiger partial charge on any atom is 0.251 e. The second-order valence-electron chi connectivity index (χ2n) is 3.41. The third kappa shape index (κ3) is 2.87. The van der Waals surface area contributed by atoms with E-state index in [-0.39, 0.29) is 12.1 Å². The van der Waals surface area contributed by atoms with Crippen molar-refractivity contribution in [2.45, 2.75) is 13.5 Å². The Balaban J connectivity index is 1.98. The number of hydrogen-bond acceptors (Lipinski definition) is 4. The average molecular weight is 235 g/mol. The van der Waals surface area contributed by atoms with E-state index in [4.69, 9.17) is 4.42 Å². The van der Waals surface area contributed by atoms with Gasteiger partial charge in [0.2, 0.25) is 11.8 Å². The monoisotopic (exact) mass is 235 g/mol. The topological polar surface area (TPSA) is 68.0 Å². The number of nitrogens with one attached hydrogen (secondary N) is 1. The molecule has 5 nitrogen and oxygen atoms in total. The van der Waals surface area contributed by atoms with Gasteiger partial charge in [0, 0.05) is 17.8 Å². The van der Waals surface area contributed by atoms with Crippen molar-refractivity contribution in [2.75, 3.05) is 0 Å². The quantitative estimate of drug-likeness (QED) is 0.817. The zero-order valence-corrected chi connectivity index (χ0v) is 9.11. The number of pyridine rings is 1. The van der Waals surface area contributed by atoms with E-state index in [1.54, 1.807) is 13.1 Å². The molecule has 2 rings (SSSR count). The van der Waals surface area contributed by atoms with Gasteiger partial charge in [0.1, 0.15) is 5.76 Å². The highest BCUT2D eigenvalue weighted by Crippen LogP contribution is 2.03. The van der Waals surface area contributed by atoms with E-state index in [9.17, 15) is 9.18 Å². The highest BCUT2D eigenvalue weighted by molar-refractivity contribution is 5.93. The van der Waals surface area contributed by atoms with Gasteiger partial charge < -0.3 is 9.73 Å². The predicted octanol–water partition coefficient (Wildman–Crippen LogP) is 1.45. The van der Waals surface area contributed by atoms with E-state index in [1.165, 1.54) is 12.3 Å². The Bertz CT molecular complexity index is 539. The average Bonchev–Trinajstić information content (AvgIpc) is 2.72. The van der Waals surface area contributed by atoms with Crippen LogP contribution >= 0.6 is 0 Å². The molecule has 2 aromatic rings. The summed E-state index contributed by atoms with van der Waals surface area (Å²) in [6, 6.07) is 2.50. The molecule has 0 fully saturated rings. The Morgan fingerprint density at radius 2 is 2.35 bits per heavy atom. The Labute approximate surface area is 96.7 Å². The van der Waals surface area contributed by atoms with Crippen molar-refractivity contribution in [2.24, 2.45) is 0 Å². The molecular weight excluding hydrogens is 225 g/mol. The molecule has 2 aromatic heterocycles. The van der Waals surface area contributed by atoms with E-state index >= 15 is 0 Å². The molecule has 0 saturated carbocycles. The molecule has 6 heteroatoms. The Morgan fingerprint density at radius 1 is 1.53 bits per heavy atom. The molecule has 0 bridgehead atoms. The van der Waals surface area contributed by atoms with Crippen LogP contribution in [0.25, 0.3) is 0 Å². The van der Waals surface area contributed by atoms with Crippen molar-refractivity contribution < 1.29 is 13.6 Å². The Hall–Kier alpha value is -2.24. The van der Waals surface area contributed by atoms with Gasteiger partial charge in [0.25, 0.3) is 5.91 Å². The van der Waals surface area contributed by atoms with Gasteiger partial charge in [0.15, 0.2) is 0 Å². The van der Waals surface area contributed by atoms with Gasteiger partial charge in [-0.1, -0.05) is 0 Å². The number of aryl methyl sites for hydroxylation is 1. The minimum Gasteiger partial charge on any atom is -0.444 e. The van der Waals surface area contributed by atoms with Crippen LogP contribution in [0.3, 0.4) is 0 Å². The minimum absolute atomic E-state index is 0.163. The first kappa shape index (κ1) is 11.3. The molecule has 17 heavy (non-hydrogen) atoms. The summed E-state index contributed by atoms with van der Waals surface area (Å²) in [5.74, 6) is -0.0126. The van der Waals surface area contributed by atoms with Crippen LogP contribution in [0.4, 0.5) is 4.39 Å². The summed E-state index contributed by atoms with van der Waals surface area (Å²) in [6.07, 6.45) is 2.80. The van der Waals surface area contributed by atoms with Gasteiger partial charge in [-0.2, -0.15) is 4.39 Å². The van der Waals surface area contributed by atoms with Gasteiger partial charge in [-0.05, 0) is 13.0 Å². The standard InChI is InChI=1S/C11H10FN3O2/c1-7-5-14-10(17-7)6-15-11(16)8-2-3-13-9(12)4-8/h2-5H,6H2,1H3,(H,15,16). The predicted molar refractivity (Wildman–Crippen MR) is 56.6 cm³/mol. The second-order valence-corrected chi connectivity index (χ2v) is 3.41. The largest absolute Gasteiger partial charge is 0.444 e. The van der Waals surface area contributed by atoms with Crippen molar-refractivity contribution in [3.8, 4) is 0 Å². The molecule has 0 atom stereocenters. The number of carbonyl (C=O) groups excluding carboxylic acids is 1. The molecule has 1 N–H and O–H groups in total. The first-order valence-corrected chi connectivity index (χ1v) is 4.96.